The van der Waals surface area contributed by atoms with Gasteiger partial charge < -0.3 is 0 Å². The largest absolute Gasteiger partial charge is 0.282 e. The molecule has 1 aromatic carbocycles. The molecule has 1 aliphatic carbocycles. The second-order valence-corrected chi connectivity index (χ2v) is 26.1. The van der Waals surface area contributed by atoms with Crippen LogP contribution in [0.4, 0.5) is 0 Å². The second-order valence-electron chi connectivity index (χ2n) is 26.1. The van der Waals surface area contributed by atoms with E-state index in [1.807, 2.05) is 34.0 Å². The summed E-state index contributed by atoms with van der Waals surface area (Å²) in [6.07, 6.45) is 15.1. The van der Waals surface area contributed by atoms with E-state index in [4.69, 9.17) is 0 Å². The lowest BCUT2D eigenvalue weighted by molar-refractivity contribution is 0.514. The monoisotopic (exact) mass is 1110 g/mol. The van der Waals surface area contributed by atoms with Crippen molar-refractivity contribution in [2.75, 3.05) is 0 Å². The van der Waals surface area contributed by atoms with Gasteiger partial charge in [0.1, 0.15) is 0 Å². The number of allylic oxidation sites excluding steroid dienone is 6. The normalized spacial score (nSPS) is 12.5. The number of aliphatic imine (C=N–C) groups is 1. The molecule has 80 heavy (non-hydrogen) atoms. The maximum Gasteiger partial charge on any atom is 0.0884 e. The summed E-state index contributed by atoms with van der Waals surface area (Å²) in [5.41, 5.74) is 12.6. The second kappa shape index (κ2) is 41.8. The number of aromatic amines is 2. The van der Waals surface area contributed by atoms with Gasteiger partial charge in [-0.2, -0.15) is 25.6 Å². The summed E-state index contributed by atoms with van der Waals surface area (Å²) in [5.74, 6) is 7.37. The summed E-state index contributed by atoms with van der Waals surface area (Å²) in [6, 6.07) is 15.6. The van der Waals surface area contributed by atoms with Gasteiger partial charge in [0.15, 0.2) is 0 Å². The van der Waals surface area contributed by atoms with Crippen molar-refractivity contribution in [1.29, 1.82) is 0 Å². The molecule has 7 rings (SSSR count). The topological polar surface area (TPSA) is 131 Å². The Labute approximate surface area is 492 Å². The van der Waals surface area contributed by atoms with Crippen LogP contribution in [-0.4, -0.2) is 56.6 Å². The van der Waals surface area contributed by atoms with Crippen molar-refractivity contribution in [2.24, 2.45) is 34.6 Å². The minimum atomic E-state index is 0.412. The zero-order chi connectivity index (χ0) is 62.0. The number of aromatic nitrogens is 10. The highest BCUT2D eigenvalue weighted by Crippen LogP contribution is 2.28. The van der Waals surface area contributed by atoms with E-state index in [2.05, 4.69) is 308 Å². The van der Waals surface area contributed by atoms with E-state index in [1.54, 1.807) is 5.57 Å². The van der Waals surface area contributed by atoms with E-state index in [-0.39, 0.29) is 0 Å². The Hall–Kier alpha value is -5.19. The minimum Gasteiger partial charge on any atom is -0.282 e. The van der Waals surface area contributed by atoms with Crippen molar-refractivity contribution < 1.29 is 0 Å². The molecule has 0 atom stereocenters. The van der Waals surface area contributed by atoms with Gasteiger partial charge in [-0.3, -0.25) is 14.8 Å². The summed E-state index contributed by atoms with van der Waals surface area (Å²) in [6.45, 7) is 64.9. The highest BCUT2D eigenvalue weighted by Gasteiger charge is 2.14. The van der Waals surface area contributed by atoms with Gasteiger partial charge in [-0.1, -0.05) is 239 Å². The molecule has 1 aliphatic heterocycles. The van der Waals surface area contributed by atoms with Crippen molar-refractivity contribution in [2.45, 2.75) is 274 Å². The first-order valence-electron chi connectivity index (χ1n) is 30.7. The fourth-order valence-electron chi connectivity index (χ4n) is 6.78. The number of H-pyrrole nitrogens is 2. The van der Waals surface area contributed by atoms with Crippen LogP contribution in [-0.2, 0) is 0 Å². The molecule has 0 amide bonds. The zero-order valence-corrected chi connectivity index (χ0v) is 57.0. The molecule has 2 aliphatic rings. The predicted molar refractivity (Wildman–Crippen MR) is 351 cm³/mol. The Kier molecular flexibility index (Phi) is 40.1. The lowest BCUT2D eigenvalue weighted by Gasteiger charge is -2.04. The molecule has 0 saturated carbocycles. The molecule has 0 spiro atoms. The Balaban J connectivity index is 0. The molecule has 0 unspecified atom stereocenters. The summed E-state index contributed by atoms with van der Waals surface area (Å²) in [4.78, 5) is 4.17. The molecule has 0 fully saturated rings. The molecule has 0 saturated heterocycles. The minimum absolute atomic E-state index is 0.412. The van der Waals surface area contributed by atoms with Gasteiger partial charge in [0.2, 0.25) is 0 Å². The van der Waals surface area contributed by atoms with Gasteiger partial charge in [0.25, 0.3) is 0 Å². The van der Waals surface area contributed by atoms with Crippen molar-refractivity contribution in [3.63, 3.8) is 0 Å². The molecule has 5 heterocycles. The molecule has 11 heteroatoms. The molecule has 0 bridgehead atoms. The quantitative estimate of drug-likeness (QED) is 0.128. The van der Waals surface area contributed by atoms with Gasteiger partial charge in [-0.25, -0.2) is 4.68 Å². The number of benzene rings is 1. The number of rotatable bonds is 12. The highest BCUT2D eigenvalue weighted by molar-refractivity contribution is 5.64. The number of nitrogens with zero attached hydrogens (tertiary/aromatic N) is 9. The first-order valence-corrected chi connectivity index (χ1v) is 30.7. The lowest BCUT2D eigenvalue weighted by Crippen LogP contribution is -2.02. The van der Waals surface area contributed by atoms with Crippen molar-refractivity contribution >= 4 is 6.21 Å². The summed E-state index contributed by atoms with van der Waals surface area (Å²) in [5, 5.41) is 30.6. The van der Waals surface area contributed by atoms with Crippen LogP contribution in [0.5, 0.6) is 0 Å². The van der Waals surface area contributed by atoms with Crippen molar-refractivity contribution in [1.82, 2.24) is 50.4 Å². The third kappa shape index (κ3) is 34.8. The maximum atomic E-state index is 4.43. The fourth-order valence-corrected chi connectivity index (χ4v) is 6.78. The fraction of sp³-hybridized carbons (Fsp3) is 0.667. The average molecular weight is 1110 g/mol. The van der Waals surface area contributed by atoms with Crippen molar-refractivity contribution in [3.8, 4) is 0 Å². The Bertz CT molecular complexity index is 2180. The van der Waals surface area contributed by atoms with Gasteiger partial charge in [-0.05, 0) is 128 Å². The number of hydrogen-bond donors (Lipinski definition) is 2. The van der Waals surface area contributed by atoms with E-state index in [1.165, 1.54) is 34.6 Å². The van der Waals surface area contributed by atoms with Gasteiger partial charge in [-0.15, -0.1) is 5.10 Å². The standard InChI is InChI=1S/C11H18.2C9H16N2.C9H12.2C8H15N3.C7H11N.2C4H10/c1-8(2)10-5-6-11(7-10)9(3)4;1-7(2)9-5-6-11(10-9)8(3)4;1-6(2)8-5-9(7(3)4)11-10-8;1-8(2)9-6-4-3-5-7-9;1-6(2)8-5-11(7(3)4)10-9-8;1-5(2)7-8(6(3)4)10-11-9-7;1-6(2)7-4-3-5-8-7;2*1-4(2)3/h5,7-9H,6H2,1-4H3;5-8H,1-4H3;5-7H,1-4H3,(H,10,11);3-8H,1-2H3;5-7H,1-4H3;5-6H,1-4H3,(H,9,10,11);4-6H,3H2,1-2H3;2*4H,1-3H3. The summed E-state index contributed by atoms with van der Waals surface area (Å²) in [7, 11) is 0. The molecular weight excluding hydrogens is 983 g/mol. The Morgan fingerprint density at radius 2 is 0.963 bits per heavy atom. The Morgan fingerprint density at radius 1 is 0.463 bits per heavy atom. The first-order chi connectivity index (χ1) is 37.1. The lowest BCUT2D eigenvalue weighted by atomic mass is 10.0. The third-order valence-corrected chi connectivity index (χ3v) is 12.0. The van der Waals surface area contributed by atoms with Crippen LogP contribution in [0.25, 0.3) is 0 Å². The van der Waals surface area contributed by atoms with Crippen LogP contribution >= 0.6 is 0 Å². The molecule has 4 aromatic heterocycles. The van der Waals surface area contributed by atoms with Crippen LogP contribution in [0, 0.1) is 29.6 Å². The Morgan fingerprint density at radius 3 is 1.21 bits per heavy atom. The predicted octanol–water partition coefficient (Wildman–Crippen LogP) is 21.0. The number of nitrogens with one attached hydrogen (secondary N) is 2. The average Bonchev–Trinajstić information content (AvgIpc) is 4.23. The maximum absolute atomic E-state index is 4.43. The van der Waals surface area contributed by atoms with E-state index in [0.29, 0.717) is 65.3 Å². The molecule has 5 aromatic rings. The summed E-state index contributed by atoms with van der Waals surface area (Å²) >= 11 is 0. The summed E-state index contributed by atoms with van der Waals surface area (Å²) < 4.78 is 3.88. The molecular formula is C69H123N11. The van der Waals surface area contributed by atoms with Crippen LogP contribution in [0.2, 0.25) is 0 Å². The van der Waals surface area contributed by atoms with Crippen LogP contribution in [0.3, 0.4) is 0 Å². The third-order valence-electron chi connectivity index (χ3n) is 12.0. The van der Waals surface area contributed by atoms with Crippen molar-refractivity contribution in [3.05, 3.63) is 130 Å². The van der Waals surface area contributed by atoms with Crippen LogP contribution < -0.4 is 0 Å². The molecule has 0 radical (unpaired) electrons. The zero-order valence-electron chi connectivity index (χ0n) is 57.0. The van der Waals surface area contributed by atoms with E-state index < -0.39 is 0 Å². The van der Waals surface area contributed by atoms with Gasteiger partial charge >= 0.3 is 0 Å². The van der Waals surface area contributed by atoms with Gasteiger partial charge in [0.05, 0.1) is 28.5 Å². The van der Waals surface area contributed by atoms with E-state index >= 15 is 0 Å². The molecule has 11 nitrogen and oxygen atoms in total. The highest BCUT2D eigenvalue weighted by atomic mass is 15.4. The molecule has 454 valence electrons. The smallest absolute Gasteiger partial charge is 0.0884 e. The molecule has 2 N–H and O–H groups in total. The first kappa shape index (κ1) is 76.9. The van der Waals surface area contributed by atoms with Crippen LogP contribution in [0.15, 0.2) is 94.9 Å². The SMILES string of the molecule is CC(C)C.CC(C)C.CC(C)C1=CCC(C(C)C)=C1.CC(C)C1=CCC=N1.CC(C)c1cc(C(C)C)[nH]n1.CC(C)c1ccccc1.CC(C)c1ccn(C(C)C)n1.CC(C)c1cn(C(C)C)nn1.CC(C)c1n[nH]nc1C(C)C. The van der Waals surface area contributed by atoms with E-state index in [0.717, 1.165) is 47.0 Å². The van der Waals surface area contributed by atoms with E-state index in [9.17, 15) is 0 Å². The van der Waals surface area contributed by atoms with Gasteiger partial charge in [0, 0.05) is 48.5 Å². The van der Waals surface area contributed by atoms with Crippen LogP contribution in [0.1, 0.15) is 314 Å². The number of hydrogen-bond acceptors (Lipinski definition) is 7.